The highest BCUT2D eigenvalue weighted by Gasteiger charge is 2.50. The Morgan fingerprint density at radius 2 is 1.71 bits per heavy atom. The Bertz CT molecular complexity index is 480. The van der Waals surface area contributed by atoms with E-state index in [0.717, 1.165) is 65.0 Å². The number of nitrogens with one attached hydrogen (secondary N) is 3. The molecule has 4 aliphatic rings. The molecule has 0 radical (unpaired) electrons. The summed E-state index contributed by atoms with van der Waals surface area (Å²) in [4.78, 5) is 17.2. The summed E-state index contributed by atoms with van der Waals surface area (Å²) in [6.07, 6.45) is 4.44. The second kappa shape index (κ2) is 9.85. The monoisotopic (exact) mass is 395 g/mol. The molecule has 1 amide bonds. The summed E-state index contributed by atoms with van der Waals surface area (Å²) in [5, 5.41) is 9.83. The normalized spacial score (nSPS) is 31.4. The molecule has 28 heavy (non-hydrogen) atoms. The van der Waals surface area contributed by atoms with Gasteiger partial charge in [-0.25, -0.2) is 0 Å². The second-order valence-corrected chi connectivity index (χ2v) is 9.27. The molecule has 0 aromatic heterocycles. The van der Waals surface area contributed by atoms with Crippen molar-refractivity contribution in [3.8, 4) is 0 Å². The van der Waals surface area contributed by atoms with Crippen molar-refractivity contribution in [3.63, 3.8) is 0 Å². The number of amides is 1. The minimum Gasteiger partial charge on any atom is -0.372 e. The van der Waals surface area contributed by atoms with Crippen LogP contribution in [0.25, 0.3) is 0 Å². The fourth-order valence-electron chi connectivity index (χ4n) is 4.76. The van der Waals surface area contributed by atoms with E-state index in [1.807, 2.05) is 0 Å². The Kier molecular flexibility index (Phi) is 7.73. The number of carbonyl (C=O) groups is 1. The van der Waals surface area contributed by atoms with Crippen LogP contribution >= 0.6 is 0 Å². The summed E-state index contributed by atoms with van der Waals surface area (Å²) in [5.41, 5.74) is 0.0404. The smallest absolute Gasteiger partial charge is 0.234 e. The van der Waals surface area contributed by atoms with Crippen LogP contribution in [-0.4, -0.2) is 98.4 Å². The van der Waals surface area contributed by atoms with Crippen molar-refractivity contribution in [3.05, 3.63) is 0 Å². The topological polar surface area (TPSA) is 68.9 Å². The Morgan fingerprint density at radius 3 is 2.29 bits per heavy atom. The second-order valence-electron chi connectivity index (χ2n) is 9.27. The van der Waals surface area contributed by atoms with Crippen LogP contribution in [0.4, 0.5) is 0 Å². The molecule has 3 saturated heterocycles. The maximum Gasteiger partial charge on any atom is 0.234 e. The predicted molar refractivity (Wildman–Crippen MR) is 113 cm³/mol. The van der Waals surface area contributed by atoms with Crippen molar-refractivity contribution < 1.29 is 9.53 Å². The zero-order valence-electron chi connectivity index (χ0n) is 18.2. The lowest BCUT2D eigenvalue weighted by Gasteiger charge is -2.55. The molecule has 0 atom stereocenters. The number of hydrogen-bond donors (Lipinski definition) is 3. The van der Waals surface area contributed by atoms with Gasteiger partial charge < -0.3 is 25.6 Å². The van der Waals surface area contributed by atoms with Crippen LogP contribution in [0.15, 0.2) is 0 Å². The van der Waals surface area contributed by atoms with E-state index >= 15 is 0 Å². The van der Waals surface area contributed by atoms with Gasteiger partial charge in [0.1, 0.15) is 0 Å². The molecule has 1 saturated carbocycles. The first kappa shape index (κ1) is 22.0. The number of piperazine rings is 1. The van der Waals surface area contributed by atoms with E-state index in [0.29, 0.717) is 19.1 Å². The third kappa shape index (κ3) is 5.89. The van der Waals surface area contributed by atoms with Gasteiger partial charge >= 0.3 is 0 Å². The lowest BCUT2D eigenvalue weighted by atomic mass is 9.71. The van der Waals surface area contributed by atoms with Crippen LogP contribution < -0.4 is 16.0 Å². The molecule has 7 heteroatoms. The van der Waals surface area contributed by atoms with Crippen LogP contribution in [0.3, 0.4) is 0 Å². The summed E-state index contributed by atoms with van der Waals surface area (Å²) in [7, 11) is 0. The predicted octanol–water partition coefficient (Wildman–Crippen LogP) is 0.410. The fourth-order valence-corrected chi connectivity index (χ4v) is 4.76. The molecule has 4 fully saturated rings. The highest BCUT2D eigenvalue weighted by Crippen LogP contribution is 2.44. The van der Waals surface area contributed by atoms with Crippen LogP contribution in [0.2, 0.25) is 0 Å². The van der Waals surface area contributed by atoms with Gasteiger partial charge in [0, 0.05) is 57.4 Å². The van der Waals surface area contributed by atoms with Crippen LogP contribution in [0, 0.1) is 0 Å². The van der Waals surface area contributed by atoms with E-state index in [1.165, 1.54) is 13.1 Å². The molecule has 0 unspecified atom stereocenters. The number of likely N-dealkylation sites (N-methyl/N-ethyl adjacent to an activating group) is 1. The first-order valence-corrected chi connectivity index (χ1v) is 11.3. The van der Waals surface area contributed by atoms with E-state index in [9.17, 15) is 4.79 Å². The largest absolute Gasteiger partial charge is 0.372 e. The summed E-state index contributed by atoms with van der Waals surface area (Å²) in [6, 6.07) is 0.450. The van der Waals surface area contributed by atoms with E-state index in [1.54, 1.807) is 0 Å². The van der Waals surface area contributed by atoms with Crippen molar-refractivity contribution in [2.75, 3.05) is 65.5 Å². The number of hydrogen-bond acceptors (Lipinski definition) is 6. The zero-order chi connectivity index (χ0) is 20.0. The number of rotatable bonds is 10. The molecular formula is C21H41N5O2. The molecule has 3 heterocycles. The van der Waals surface area contributed by atoms with Gasteiger partial charge in [-0.15, -0.1) is 0 Å². The van der Waals surface area contributed by atoms with Crippen molar-refractivity contribution in [2.45, 2.75) is 63.6 Å². The van der Waals surface area contributed by atoms with Gasteiger partial charge in [0.15, 0.2) is 0 Å². The molecule has 0 aromatic carbocycles. The SMILES string of the molecule is CCN1CCN(CC23CCC(NCC(=O)NCCNC(C)C)(CC2)CO3)CC1. The molecule has 1 aliphatic carbocycles. The average molecular weight is 396 g/mol. The van der Waals surface area contributed by atoms with Gasteiger partial charge in [0.05, 0.1) is 18.8 Å². The first-order chi connectivity index (χ1) is 13.4. The molecule has 3 N–H and O–H groups in total. The molecular weight excluding hydrogens is 354 g/mol. The van der Waals surface area contributed by atoms with Crippen LogP contribution in [-0.2, 0) is 9.53 Å². The average Bonchev–Trinajstić information content (AvgIpc) is 2.71. The molecule has 162 valence electrons. The molecule has 4 rings (SSSR count). The number of nitrogens with zero attached hydrogens (tertiary/aromatic N) is 2. The van der Waals surface area contributed by atoms with E-state index in [2.05, 4.69) is 46.5 Å². The van der Waals surface area contributed by atoms with Gasteiger partial charge in [-0.05, 0) is 32.2 Å². The quantitative estimate of drug-likeness (QED) is 0.466. The van der Waals surface area contributed by atoms with Gasteiger partial charge in [-0.3, -0.25) is 9.69 Å². The standard InChI is InChI=1S/C21H41N5O2/c1-4-25-11-13-26(14-12-25)16-21-7-5-20(6-8-21,17-28-21)24-15-19(27)23-10-9-22-18(2)3/h18,22,24H,4-17H2,1-3H3,(H,23,27). The van der Waals surface area contributed by atoms with Crippen molar-refractivity contribution >= 4 is 5.91 Å². The summed E-state index contributed by atoms with van der Waals surface area (Å²) in [5.74, 6) is 0.0798. The van der Waals surface area contributed by atoms with E-state index < -0.39 is 0 Å². The van der Waals surface area contributed by atoms with E-state index in [4.69, 9.17) is 4.74 Å². The highest BCUT2D eigenvalue weighted by molar-refractivity contribution is 5.78. The van der Waals surface area contributed by atoms with Crippen molar-refractivity contribution in [1.82, 2.24) is 25.8 Å². The van der Waals surface area contributed by atoms with Gasteiger partial charge in [-0.2, -0.15) is 0 Å². The lowest BCUT2D eigenvalue weighted by Crippen LogP contribution is -2.65. The van der Waals surface area contributed by atoms with Crippen molar-refractivity contribution in [2.24, 2.45) is 0 Å². The van der Waals surface area contributed by atoms with Crippen LogP contribution in [0.5, 0.6) is 0 Å². The zero-order valence-corrected chi connectivity index (χ0v) is 18.2. The van der Waals surface area contributed by atoms with E-state index in [-0.39, 0.29) is 17.0 Å². The third-order valence-corrected chi connectivity index (χ3v) is 6.82. The first-order valence-electron chi connectivity index (χ1n) is 11.3. The number of fused-ring (bicyclic) bond motifs is 3. The molecule has 7 nitrogen and oxygen atoms in total. The third-order valence-electron chi connectivity index (χ3n) is 6.82. The Labute approximate surface area is 170 Å². The summed E-state index contributed by atoms with van der Waals surface area (Å²) >= 11 is 0. The van der Waals surface area contributed by atoms with Gasteiger partial charge in [0.25, 0.3) is 0 Å². The minimum absolute atomic E-state index is 0.00379. The molecule has 2 bridgehead atoms. The summed E-state index contributed by atoms with van der Waals surface area (Å²) in [6.45, 7) is 16.0. The van der Waals surface area contributed by atoms with Gasteiger partial charge in [-0.1, -0.05) is 20.8 Å². The maximum absolute atomic E-state index is 12.1. The Balaban J connectivity index is 1.36. The van der Waals surface area contributed by atoms with Gasteiger partial charge in [0.2, 0.25) is 5.91 Å². The lowest BCUT2D eigenvalue weighted by molar-refractivity contribution is -0.173. The maximum atomic E-state index is 12.1. The minimum atomic E-state index is -0.00379. The number of carbonyl (C=O) groups excluding carboxylic acids is 1. The number of ether oxygens (including phenoxy) is 1. The summed E-state index contributed by atoms with van der Waals surface area (Å²) < 4.78 is 6.42. The molecule has 0 aromatic rings. The van der Waals surface area contributed by atoms with Crippen molar-refractivity contribution in [1.29, 1.82) is 0 Å². The Morgan fingerprint density at radius 1 is 1.04 bits per heavy atom. The highest BCUT2D eigenvalue weighted by atomic mass is 16.5. The fraction of sp³-hybridized carbons (Fsp3) is 0.952. The molecule has 3 aliphatic heterocycles. The Hall–Kier alpha value is -0.730. The van der Waals surface area contributed by atoms with Crippen LogP contribution in [0.1, 0.15) is 46.5 Å². The molecule has 0 spiro atoms.